The van der Waals surface area contributed by atoms with Gasteiger partial charge in [-0.2, -0.15) is 0 Å². The monoisotopic (exact) mass is 316 g/mol. The van der Waals surface area contributed by atoms with Crippen LogP contribution in [0.15, 0.2) is 22.7 Å². The fourth-order valence-electron chi connectivity index (χ4n) is 4.39. The SMILES string of the molecule is CC(C)C1C2=C(CC(C)(C)CC2=O)OC2=C1C(=O)CC(C)(C)C2. The Morgan fingerprint density at radius 3 is 1.57 bits per heavy atom. The lowest BCUT2D eigenvalue weighted by Gasteiger charge is -2.43. The van der Waals surface area contributed by atoms with Gasteiger partial charge in [0.1, 0.15) is 11.5 Å². The number of ether oxygens (including phenoxy) is 1. The van der Waals surface area contributed by atoms with Gasteiger partial charge in [-0.25, -0.2) is 0 Å². The van der Waals surface area contributed by atoms with Gasteiger partial charge in [0.2, 0.25) is 0 Å². The Morgan fingerprint density at radius 2 is 1.22 bits per heavy atom. The van der Waals surface area contributed by atoms with E-state index in [2.05, 4.69) is 41.5 Å². The normalized spacial score (nSPS) is 27.1. The minimum Gasteiger partial charge on any atom is -0.465 e. The Bertz CT molecular complexity index is 592. The summed E-state index contributed by atoms with van der Waals surface area (Å²) in [5.41, 5.74) is 1.44. The van der Waals surface area contributed by atoms with Crippen molar-refractivity contribution in [1.29, 1.82) is 0 Å². The highest BCUT2D eigenvalue weighted by Gasteiger charge is 2.47. The van der Waals surface area contributed by atoms with E-state index in [1.165, 1.54) is 0 Å². The lowest BCUT2D eigenvalue weighted by atomic mass is 9.65. The maximum atomic E-state index is 12.8. The fourth-order valence-corrected chi connectivity index (χ4v) is 4.39. The summed E-state index contributed by atoms with van der Waals surface area (Å²) in [5.74, 6) is 2.13. The molecule has 0 fully saturated rings. The van der Waals surface area contributed by atoms with Crippen molar-refractivity contribution in [3.8, 4) is 0 Å². The molecule has 0 bridgehead atoms. The third kappa shape index (κ3) is 2.79. The number of hydrogen-bond acceptors (Lipinski definition) is 3. The summed E-state index contributed by atoms with van der Waals surface area (Å²) >= 11 is 0. The van der Waals surface area contributed by atoms with Crippen molar-refractivity contribution in [2.75, 3.05) is 0 Å². The zero-order valence-corrected chi connectivity index (χ0v) is 15.2. The van der Waals surface area contributed by atoms with Gasteiger partial charge in [-0.3, -0.25) is 9.59 Å². The van der Waals surface area contributed by atoms with Crippen molar-refractivity contribution in [2.24, 2.45) is 22.7 Å². The first-order valence-corrected chi connectivity index (χ1v) is 8.71. The maximum absolute atomic E-state index is 12.8. The molecular weight excluding hydrogens is 288 g/mol. The van der Waals surface area contributed by atoms with Crippen LogP contribution in [-0.4, -0.2) is 11.6 Å². The average Bonchev–Trinajstić information content (AvgIpc) is 2.32. The Balaban J connectivity index is 2.11. The van der Waals surface area contributed by atoms with Gasteiger partial charge < -0.3 is 4.74 Å². The van der Waals surface area contributed by atoms with Crippen LogP contribution in [0, 0.1) is 22.7 Å². The molecule has 0 aromatic heterocycles. The van der Waals surface area contributed by atoms with Crippen LogP contribution >= 0.6 is 0 Å². The highest BCUT2D eigenvalue weighted by Crippen LogP contribution is 2.51. The van der Waals surface area contributed by atoms with Crippen LogP contribution < -0.4 is 0 Å². The van der Waals surface area contributed by atoms with Crippen LogP contribution in [0.25, 0.3) is 0 Å². The van der Waals surface area contributed by atoms with Crippen molar-refractivity contribution in [3.05, 3.63) is 22.7 Å². The molecule has 0 unspecified atom stereocenters. The molecule has 1 aliphatic heterocycles. The summed E-state index contributed by atoms with van der Waals surface area (Å²) in [6, 6.07) is 0. The van der Waals surface area contributed by atoms with E-state index in [0.717, 1.165) is 35.5 Å². The summed E-state index contributed by atoms with van der Waals surface area (Å²) in [4.78, 5) is 25.6. The summed E-state index contributed by atoms with van der Waals surface area (Å²) in [6.07, 6.45) is 2.65. The van der Waals surface area contributed by atoms with Gasteiger partial charge in [0.25, 0.3) is 0 Å². The Labute approximate surface area is 139 Å². The molecule has 0 atom stereocenters. The average molecular weight is 316 g/mol. The molecule has 0 aromatic carbocycles. The predicted octanol–water partition coefficient (Wildman–Crippen LogP) is 4.58. The number of Topliss-reactive ketones (excluding diaryl/α,β-unsaturated/α-hetero) is 2. The van der Waals surface area contributed by atoms with E-state index >= 15 is 0 Å². The van der Waals surface area contributed by atoms with E-state index in [-0.39, 0.29) is 34.2 Å². The standard InChI is InChI=1S/C20H28O3/c1-11(2)16-17-12(21)7-19(3,4)9-14(17)23-15-10-20(5,6)8-13(22)18(15)16/h11,16H,7-10H2,1-6H3. The molecule has 126 valence electrons. The number of carbonyl (C=O) groups excluding carboxylic acids is 2. The summed E-state index contributed by atoms with van der Waals surface area (Å²) < 4.78 is 6.20. The van der Waals surface area contributed by atoms with E-state index in [4.69, 9.17) is 4.74 Å². The van der Waals surface area contributed by atoms with Gasteiger partial charge in [0.15, 0.2) is 11.6 Å². The Kier molecular flexibility index (Phi) is 3.62. The molecule has 23 heavy (non-hydrogen) atoms. The number of rotatable bonds is 1. The molecule has 3 rings (SSSR count). The van der Waals surface area contributed by atoms with Crippen LogP contribution in [0.1, 0.15) is 67.2 Å². The van der Waals surface area contributed by atoms with E-state index in [9.17, 15) is 9.59 Å². The molecule has 3 aliphatic rings. The predicted molar refractivity (Wildman–Crippen MR) is 89.5 cm³/mol. The molecule has 0 saturated heterocycles. The third-order valence-electron chi connectivity index (χ3n) is 5.29. The first-order chi connectivity index (χ1) is 10.5. The fraction of sp³-hybridized carbons (Fsp3) is 0.700. The van der Waals surface area contributed by atoms with Crippen LogP contribution in [0.5, 0.6) is 0 Å². The topological polar surface area (TPSA) is 43.4 Å². The molecule has 0 aromatic rings. The van der Waals surface area contributed by atoms with Crippen LogP contribution in [0.2, 0.25) is 0 Å². The van der Waals surface area contributed by atoms with Gasteiger partial charge in [-0.05, 0) is 16.7 Å². The molecule has 3 nitrogen and oxygen atoms in total. The molecule has 2 aliphatic carbocycles. The van der Waals surface area contributed by atoms with Crippen molar-refractivity contribution >= 4 is 11.6 Å². The second kappa shape index (κ2) is 5.06. The van der Waals surface area contributed by atoms with Gasteiger partial charge in [-0.1, -0.05) is 41.5 Å². The molecule has 1 heterocycles. The number of ketones is 2. The highest BCUT2D eigenvalue weighted by molar-refractivity contribution is 6.04. The van der Waals surface area contributed by atoms with Crippen LogP contribution in [-0.2, 0) is 14.3 Å². The molecular formula is C20H28O3. The maximum Gasteiger partial charge on any atom is 0.163 e. The lowest BCUT2D eigenvalue weighted by Crippen LogP contribution is -2.40. The largest absolute Gasteiger partial charge is 0.465 e. The van der Waals surface area contributed by atoms with Crippen LogP contribution in [0.3, 0.4) is 0 Å². The van der Waals surface area contributed by atoms with Gasteiger partial charge in [-0.15, -0.1) is 0 Å². The van der Waals surface area contributed by atoms with Crippen molar-refractivity contribution in [2.45, 2.75) is 67.2 Å². The van der Waals surface area contributed by atoms with Crippen molar-refractivity contribution in [1.82, 2.24) is 0 Å². The molecule has 0 N–H and O–H groups in total. The molecule has 0 saturated carbocycles. The summed E-state index contributed by atoms with van der Waals surface area (Å²) in [7, 11) is 0. The minimum atomic E-state index is -0.0825. The van der Waals surface area contributed by atoms with E-state index in [1.54, 1.807) is 0 Å². The first kappa shape index (κ1) is 16.5. The number of hydrogen-bond donors (Lipinski definition) is 0. The Morgan fingerprint density at radius 1 is 0.826 bits per heavy atom. The summed E-state index contributed by atoms with van der Waals surface area (Å²) in [6.45, 7) is 12.7. The molecule has 3 heteroatoms. The minimum absolute atomic E-state index is 0.0658. The van der Waals surface area contributed by atoms with Crippen molar-refractivity contribution < 1.29 is 14.3 Å². The van der Waals surface area contributed by atoms with Crippen LogP contribution in [0.4, 0.5) is 0 Å². The zero-order valence-electron chi connectivity index (χ0n) is 15.2. The molecule has 0 spiro atoms. The molecule has 0 radical (unpaired) electrons. The summed E-state index contributed by atoms with van der Waals surface area (Å²) in [5, 5.41) is 0. The second-order valence-electron chi connectivity index (χ2n) is 9.38. The van der Waals surface area contributed by atoms with E-state index in [0.29, 0.717) is 12.8 Å². The van der Waals surface area contributed by atoms with E-state index in [1.807, 2.05) is 0 Å². The lowest BCUT2D eigenvalue weighted by molar-refractivity contribution is -0.121. The van der Waals surface area contributed by atoms with E-state index < -0.39 is 0 Å². The Hall–Kier alpha value is -1.38. The third-order valence-corrected chi connectivity index (χ3v) is 5.29. The van der Waals surface area contributed by atoms with Gasteiger partial charge in [0.05, 0.1) is 0 Å². The quantitative estimate of drug-likeness (QED) is 0.711. The smallest absolute Gasteiger partial charge is 0.163 e. The number of allylic oxidation sites excluding steroid dienone is 4. The van der Waals surface area contributed by atoms with Gasteiger partial charge >= 0.3 is 0 Å². The number of carbonyl (C=O) groups is 2. The second-order valence-corrected chi connectivity index (χ2v) is 9.38. The van der Waals surface area contributed by atoms with Gasteiger partial charge in [0, 0.05) is 42.7 Å². The first-order valence-electron chi connectivity index (χ1n) is 8.71. The van der Waals surface area contributed by atoms with Crippen molar-refractivity contribution in [3.63, 3.8) is 0 Å². The molecule has 0 amide bonds. The zero-order chi connectivity index (χ0) is 17.2. The highest BCUT2D eigenvalue weighted by atomic mass is 16.5.